The van der Waals surface area contributed by atoms with Gasteiger partial charge < -0.3 is 0 Å². The van der Waals surface area contributed by atoms with Gasteiger partial charge in [0.1, 0.15) is 10.7 Å². The van der Waals surface area contributed by atoms with E-state index in [2.05, 4.69) is 30.8 Å². The average molecular weight is 442 g/mol. The first-order valence-corrected chi connectivity index (χ1v) is 10.1. The van der Waals surface area contributed by atoms with E-state index >= 15 is 0 Å². The molecular weight excluding hydrogens is 425 g/mol. The predicted molar refractivity (Wildman–Crippen MR) is 98.9 cm³/mol. The summed E-state index contributed by atoms with van der Waals surface area (Å²) in [7, 11) is -3.84. The second-order valence-electron chi connectivity index (χ2n) is 5.63. The normalized spacial score (nSPS) is 11.7. The lowest BCUT2D eigenvalue weighted by Crippen LogP contribution is -2.15. The van der Waals surface area contributed by atoms with Gasteiger partial charge in [-0.15, -0.1) is 0 Å². The number of hydrogen-bond donors (Lipinski definition) is 1. The van der Waals surface area contributed by atoms with Crippen LogP contribution in [0.2, 0.25) is 0 Å². The third kappa shape index (κ3) is 3.65. The van der Waals surface area contributed by atoms with Crippen molar-refractivity contribution in [2.75, 3.05) is 4.72 Å². The molecule has 3 rings (SSSR count). The van der Waals surface area contributed by atoms with Crippen molar-refractivity contribution in [2.45, 2.75) is 31.8 Å². The Hall–Kier alpha value is -2.20. The van der Waals surface area contributed by atoms with E-state index in [0.717, 1.165) is 0 Å². The highest BCUT2D eigenvalue weighted by Crippen LogP contribution is 2.25. The van der Waals surface area contributed by atoms with Crippen LogP contribution in [0.25, 0.3) is 0 Å². The fraction of sp³-hybridized carbons (Fsp3) is 0.250. The van der Waals surface area contributed by atoms with Crippen LogP contribution in [0.5, 0.6) is 0 Å². The zero-order valence-electron chi connectivity index (χ0n) is 14.1. The number of nitrogens with zero attached hydrogens (tertiary/aromatic N) is 4. The molecular formula is C16H17BrFN5O2S. The summed E-state index contributed by atoms with van der Waals surface area (Å²) in [6.07, 6.45) is 2.90. The Labute approximate surface area is 159 Å². The van der Waals surface area contributed by atoms with E-state index in [-0.39, 0.29) is 23.1 Å². The molecule has 0 amide bonds. The molecule has 7 nitrogen and oxygen atoms in total. The van der Waals surface area contributed by atoms with Crippen molar-refractivity contribution in [3.05, 3.63) is 58.2 Å². The number of anilines is 1. The Morgan fingerprint density at radius 3 is 2.69 bits per heavy atom. The van der Waals surface area contributed by atoms with Crippen molar-refractivity contribution in [3.8, 4) is 0 Å². The van der Waals surface area contributed by atoms with Crippen molar-refractivity contribution >= 4 is 31.8 Å². The van der Waals surface area contributed by atoms with Gasteiger partial charge in [-0.2, -0.15) is 10.2 Å². The molecule has 1 aromatic carbocycles. The van der Waals surface area contributed by atoms with Crippen LogP contribution < -0.4 is 4.72 Å². The quantitative estimate of drug-likeness (QED) is 0.636. The first kappa shape index (κ1) is 18.6. The van der Waals surface area contributed by atoms with Gasteiger partial charge in [-0.3, -0.25) is 14.1 Å². The van der Waals surface area contributed by atoms with E-state index in [1.54, 1.807) is 36.0 Å². The Bertz CT molecular complexity index is 1040. The molecule has 3 aromatic rings. The molecule has 2 aromatic heterocycles. The standard InChI is InChI=1S/C16H17BrFN5O2S/c1-3-23-11(2)15(8-19-23)26(24,25)21-16-13(17)10-22(20-16)9-12-6-4-5-7-14(12)18/h4-8,10H,3,9H2,1-2H3,(H,20,21). The number of nitrogens with one attached hydrogen (secondary N) is 1. The lowest BCUT2D eigenvalue weighted by molar-refractivity contribution is 0.585. The first-order valence-electron chi connectivity index (χ1n) is 7.83. The summed E-state index contributed by atoms with van der Waals surface area (Å²) in [6.45, 7) is 4.32. The molecule has 0 aliphatic rings. The van der Waals surface area contributed by atoms with Crippen molar-refractivity contribution < 1.29 is 12.8 Å². The van der Waals surface area contributed by atoms with Gasteiger partial charge in [-0.1, -0.05) is 18.2 Å². The van der Waals surface area contributed by atoms with Gasteiger partial charge in [0, 0.05) is 18.3 Å². The largest absolute Gasteiger partial charge is 0.269 e. The molecule has 0 bridgehead atoms. The minimum absolute atomic E-state index is 0.0925. The van der Waals surface area contributed by atoms with E-state index < -0.39 is 10.0 Å². The van der Waals surface area contributed by atoms with Gasteiger partial charge in [-0.05, 0) is 35.8 Å². The van der Waals surface area contributed by atoms with Crippen molar-refractivity contribution in [3.63, 3.8) is 0 Å². The van der Waals surface area contributed by atoms with Crippen LogP contribution >= 0.6 is 15.9 Å². The van der Waals surface area contributed by atoms with Crippen LogP contribution in [-0.4, -0.2) is 28.0 Å². The molecule has 0 radical (unpaired) electrons. The van der Waals surface area contributed by atoms with Gasteiger partial charge in [-0.25, -0.2) is 12.8 Å². The molecule has 0 unspecified atom stereocenters. The average Bonchev–Trinajstić information content (AvgIpc) is 3.12. The van der Waals surface area contributed by atoms with E-state index in [9.17, 15) is 12.8 Å². The SMILES string of the molecule is CCn1ncc(S(=O)(=O)Nc2nn(Cc3ccccc3F)cc2Br)c1C. The summed E-state index contributed by atoms with van der Waals surface area (Å²) in [5, 5.41) is 8.25. The molecule has 10 heteroatoms. The van der Waals surface area contributed by atoms with Gasteiger partial charge in [0.05, 0.1) is 22.9 Å². The van der Waals surface area contributed by atoms with Crippen LogP contribution in [0.1, 0.15) is 18.2 Å². The summed E-state index contributed by atoms with van der Waals surface area (Å²) < 4.78 is 45.0. The van der Waals surface area contributed by atoms with E-state index in [1.165, 1.54) is 16.9 Å². The molecule has 2 heterocycles. The molecule has 0 aliphatic carbocycles. The maximum absolute atomic E-state index is 13.8. The third-order valence-corrected chi connectivity index (χ3v) is 5.91. The van der Waals surface area contributed by atoms with E-state index in [4.69, 9.17) is 0 Å². The van der Waals surface area contributed by atoms with E-state index in [1.807, 2.05) is 6.92 Å². The predicted octanol–water partition coefficient (Wildman–Crippen LogP) is 3.16. The molecule has 1 N–H and O–H groups in total. The summed E-state index contributed by atoms with van der Waals surface area (Å²) in [4.78, 5) is 0.0925. The number of rotatable bonds is 6. The maximum atomic E-state index is 13.8. The Balaban J connectivity index is 1.85. The first-order chi connectivity index (χ1) is 12.3. The number of sulfonamides is 1. The molecule has 0 fully saturated rings. The molecule has 0 spiro atoms. The fourth-order valence-electron chi connectivity index (χ4n) is 2.54. The molecule has 0 saturated carbocycles. The van der Waals surface area contributed by atoms with Gasteiger partial charge in [0.15, 0.2) is 5.82 Å². The van der Waals surface area contributed by atoms with Crippen LogP contribution in [0.3, 0.4) is 0 Å². The molecule has 0 saturated heterocycles. The van der Waals surface area contributed by atoms with Crippen LogP contribution in [0, 0.1) is 12.7 Å². The lowest BCUT2D eigenvalue weighted by Gasteiger charge is -2.06. The maximum Gasteiger partial charge on any atom is 0.266 e. The summed E-state index contributed by atoms with van der Waals surface area (Å²) in [6, 6.07) is 6.36. The number of benzene rings is 1. The zero-order chi connectivity index (χ0) is 18.9. The number of hydrogen-bond acceptors (Lipinski definition) is 4. The third-order valence-electron chi connectivity index (χ3n) is 3.89. The zero-order valence-corrected chi connectivity index (χ0v) is 16.6. The van der Waals surface area contributed by atoms with Crippen LogP contribution in [0.15, 0.2) is 46.0 Å². The lowest BCUT2D eigenvalue weighted by atomic mass is 10.2. The molecule has 138 valence electrons. The van der Waals surface area contributed by atoms with Crippen molar-refractivity contribution in [1.29, 1.82) is 0 Å². The van der Waals surface area contributed by atoms with Crippen LogP contribution in [-0.2, 0) is 23.1 Å². The highest BCUT2D eigenvalue weighted by Gasteiger charge is 2.23. The fourth-order valence-corrected chi connectivity index (χ4v) is 4.28. The highest BCUT2D eigenvalue weighted by molar-refractivity contribution is 9.10. The topological polar surface area (TPSA) is 81.8 Å². The minimum Gasteiger partial charge on any atom is -0.269 e. The van der Waals surface area contributed by atoms with Gasteiger partial charge in [0.2, 0.25) is 0 Å². The Morgan fingerprint density at radius 1 is 1.31 bits per heavy atom. The van der Waals surface area contributed by atoms with Gasteiger partial charge >= 0.3 is 0 Å². The molecule has 0 aliphatic heterocycles. The smallest absolute Gasteiger partial charge is 0.266 e. The van der Waals surface area contributed by atoms with E-state index in [0.29, 0.717) is 22.3 Å². The number of halogens is 2. The second-order valence-corrected chi connectivity index (χ2v) is 8.14. The molecule has 26 heavy (non-hydrogen) atoms. The number of aryl methyl sites for hydroxylation is 1. The summed E-state index contributed by atoms with van der Waals surface area (Å²) in [5.41, 5.74) is 0.999. The monoisotopic (exact) mass is 441 g/mol. The minimum atomic E-state index is -3.84. The molecule has 0 atom stereocenters. The number of aromatic nitrogens is 4. The highest BCUT2D eigenvalue weighted by atomic mass is 79.9. The van der Waals surface area contributed by atoms with Crippen molar-refractivity contribution in [2.24, 2.45) is 0 Å². The Kier molecular flexibility index (Phi) is 5.15. The summed E-state index contributed by atoms with van der Waals surface area (Å²) in [5.74, 6) is -0.214. The summed E-state index contributed by atoms with van der Waals surface area (Å²) >= 11 is 3.29. The second kappa shape index (κ2) is 7.20. The Morgan fingerprint density at radius 2 is 2.04 bits per heavy atom. The van der Waals surface area contributed by atoms with Crippen LogP contribution in [0.4, 0.5) is 10.2 Å². The van der Waals surface area contributed by atoms with Crippen molar-refractivity contribution in [1.82, 2.24) is 19.6 Å². The van der Waals surface area contributed by atoms with Gasteiger partial charge in [0.25, 0.3) is 10.0 Å².